The minimum atomic E-state index is 0.521. The molecule has 0 radical (unpaired) electrons. The van der Waals surface area contributed by atoms with E-state index in [0.29, 0.717) is 18.5 Å². The van der Waals surface area contributed by atoms with Crippen molar-refractivity contribution in [1.29, 1.82) is 0 Å². The van der Waals surface area contributed by atoms with Gasteiger partial charge in [-0.05, 0) is 25.0 Å². The van der Waals surface area contributed by atoms with Gasteiger partial charge in [-0.2, -0.15) is 0 Å². The average molecular weight is 282 g/mol. The van der Waals surface area contributed by atoms with Crippen LogP contribution in [0.1, 0.15) is 31.4 Å². The van der Waals surface area contributed by atoms with Crippen LogP contribution in [0.2, 0.25) is 0 Å². The molecule has 0 aliphatic heterocycles. The molecule has 1 fully saturated rings. The molecule has 1 aliphatic rings. The van der Waals surface area contributed by atoms with Crippen LogP contribution in [0.5, 0.6) is 0 Å². The number of hydrogen-bond donors (Lipinski definition) is 2. The van der Waals surface area contributed by atoms with Gasteiger partial charge in [-0.1, -0.05) is 37.1 Å². The second kappa shape index (κ2) is 6.57. The molecule has 0 amide bonds. The molecule has 0 unspecified atom stereocenters. The molecule has 3 N–H and O–H groups in total. The first-order valence-corrected chi connectivity index (χ1v) is 7.72. The van der Waals surface area contributed by atoms with E-state index in [9.17, 15) is 0 Å². The number of nitrogens with zero attached hydrogens (tertiary/aromatic N) is 2. The van der Waals surface area contributed by atoms with Crippen molar-refractivity contribution in [3.63, 3.8) is 0 Å². The van der Waals surface area contributed by atoms with E-state index in [0.717, 1.165) is 17.6 Å². The molecule has 1 aliphatic carbocycles. The first-order valence-electron chi connectivity index (χ1n) is 7.72. The fourth-order valence-corrected chi connectivity index (χ4v) is 2.86. The molecule has 1 aromatic carbocycles. The number of nitrogens with two attached hydrogens (primary N) is 1. The molecule has 0 atom stereocenters. The van der Waals surface area contributed by atoms with Gasteiger partial charge in [0.25, 0.3) is 0 Å². The number of aliphatic imine (C=N–C) groups is 1. The van der Waals surface area contributed by atoms with Gasteiger partial charge in [0.15, 0.2) is 5.96 Å². The van der Waals surface area contributed by atoms with Gasteiger partial charge in [0.05, 0.1) is 5.52 Å². The molecule has 4 nitrogen and oxygen atoms in total. The van der Waals surface area contributed by atoms with E-state index in [1.54, 1.807) is 0 Å². The molecule has 4 heteroatoms. The van der Waals surface area contributed by atoms with Crippen LogP contribution in [0, 0.1) is 0 Å². The number of guanidine groups is 1. The lowest BCUT2D eigenvalue weighted by Gasteiger charge is -2.12. The Labute approximate surface area is 125 Å². The van der Waals surface area contributed by atoms with E-state index in [1.807, 2.05) is 18.2 Å². The highest BCUT2D eigenvalue weighted by Crippen LogP contribution is 2.17. The molecule has 0 bridgehead atoms. The van der Waals surface area contributed by atoms with Crippen LogP contribution in [-0.2, 0) is 6.42 Å². The van der Waals surface area contributed by atoms with Crippen molar-refractivity contribution in [1.82, 2.24) is 10.3 Å². The summed E-state index contributed by atoms with van der Waals surface area (Å²) in [6.45, 7) is 0.677. The summed E-state index contributed by atoms with van der Waals surface area (Å²) in [5.41, 5.74) is 8.03. The molecule has 3 rings (SSSR count). The Morgan fingerprint density at radius 3 is 2.86 bits per heavy atom. The first kappa shape index (κ1) is 13.9. The molecule has 21 heavy (non-hydrogen) atoms. The molecular weight excluding hydrogens is 260 g/mol. The van der Waals surface area contributed by atoms with Crippen molar-refractivity contribution >= 4 is 16.9 Å². The standard InChI is InChI=1S/C17H22N4/c18-17(21-14-6-2-3-7-14)19-12-11-15-10-9-13-5-1-4-8-16(13)20-15/h1,4-5,8-10,14H,2-3,6-7,11-12H2,(H3,18,19,21). The van der Waals surface area contributed by atoms with Gasteiger partial charge in [0, 0.05) is 30.1 Å². The predicted octanol–water partition coefficient (Wildman–Crippen LogP) is 2.62. The molecule has 1 heterocycles. The molecule has 1 aromatic heterocycles. The van der Waals surface area contributed by atoms with Crippen molar-refractivity contribution in [2.75, 3.05) is 6.54 Å². The van der Waals surface area contributed by atoms with E-state index < -0.39 is 0 Å². The number of hydrogen-bond acceptors (Lipinski definition) is 2. The minimum absolute atomic E-state index is 0.521. The number of benzene rings is 1. The Kier molecular flexibility index (Phi) is 4.34. The summed E-state index contributed by atoms with van der Waals surface area (Å²) in [5, 5.41) is 4.48. The number of pyridine rings is 1. The van der Waals surface area contributed by atoms with E-state index in [4.69, 9.17) is 5.73 Å². The Morgan fingerprint density at radius 1 is 1.19 bits per heavy atom. The lowest BCUT2D eigenvalue weighted by Crippen LogP contribution is -2.38. The maximum Gasteiger partial charge on any atom is 0.188 e. The van der Waals surface area contributed by atoms with Crippen molar-refractivity contribution in [2.45, 2.75) is 38.1 Å². The number of aromatic nitrogens is 1. The van der Waals surface area contributed by atoms with Crippen LogP contribution in [0.15, 0.2) is 41.4 Å². The van der Waals surface area contributed by atoms with Crippen molar-refractivity contribution < 1.29 is 0 Å². The Morgan fingerprint density at radius 2 is 2.00 bits per heavy atom. The lowest BCUT2D eigenvalue weighted by molar-refractivity contribution is 0.625. The van der Waals surface area contributed by atoms with Gasteiger partial charge < -0.3 is 11.1 Å². The highest BCUT2D eigenvalue weighted by atomic mass is 15.1. The molecule has 110 valence electrons. The van der Waals surface area contributed by atoms with Crippen LogP contribution in [0.25, 0.3) is 10.9 Å². The lowest BCUT2D eigenvalue weighted by atomic mass is 10.2. The average Bonchev–Trinajstić information content (AvgIpc) is 3.00. The van der Waals surface area contributed by atoms with Gasteiger partial charge in [0.1, 0.15) is 0 Å². The first-order chi connectivity index (χ1) is 10.3. The Bertz CT molecular complexity index is 629. The second-order valence-corrected chi connectivity index (χ2v) is 5.64. The molecular formula is C17H22N4. The maximum atomic E-state index is 5.93. The van der Waals surface area contributed by atoms with Gasteiger partial charge in [-0.15, -0.1) is 0 Å². The Balaban J connectivity index is 1.55. The largest absolute Gasteiger partial charge is 0.370 e. The fraction of sp³-hybridized carbons (Fsp3) is 0.412. The van der Waals surface area contributed by atoms with E-state index in [2.05, 4.69) is 33.5 Å². The van der Waals surface area contributed by atoms with Crippen LogP contribution in [0.3, 0.4) is 0 Å². The number of nitrogens with one attached hydrogen (secondary N) is 1. The van der Waals surface area contributed by atoms with Gasteiger partial charge in [0.2, 0.25) is 0 Å². The predicted molar refractivity (Wildman–Crippen MR) is 87.3 cm³/mol. The second-order valence-electron chi connectivity index (χ2n) is 5.64. The third kappa shape index (κ3) is 3.72. The topological polar surface area (TPSA) is 63.3 Å². The van der Waals surface area contributed by atoms with Crippen molar-refractivity contribution in [2.24, 2.45) is 10.7 Å². The van der Waals surface area contributed by atoms with Crippen molar-refractivity contribution in [3.8, 4) is 0 Å². The zero-order chi connectivity index (χ0) is 14.5. The molecule has 1 saturated carbocycles. The number of para-hydroxylation sites is 1. The third-order valence-electron chi connectivity index (χ3n) is 4.01. The van der Waals surface area contributed by atoms with Gasteiger partial charge >= 0.3 is 0 Å². The highest BCUT2D eigenvalue weighted by Gasteiger charge is 2.14. The van der Waals surface area contributed by atoms with E-state index in [-0.39, 0.29) is 0 Å². The quantitative estimate of drug-likeness (QED) is 0.669. The summed E-state index contributed by atoms with van der Waals surface area (Å²) in [4.78, 5) is 9.05. The Hall–Kier alpha value is -2.10. The zero-order valence-corrected chi connectivity index (χ0v) is 12.3. The number of fused-ring (bicyclic) bond motifs is 1. The van der Waals surface area contributed by atoms with Crippen molar-refractivity contribution in [3.05, 3.63) is 42.1 Å². The number of rotatable bonds is 4. The molecule has 0 spiro atoms. The summed E-state index contributed by atoms with van der Waals surface area (Å²) in [6, 6.07) is 12.9. The zero-order valence-electron chi connectivity index (χ0n) is 12.3. The maximum absolute atomic E-state index is 5.93. The smallest absolute Gasteiger partial charge is 0.188 e. The summed E-state index contributed by atoms with van der Waals surface area (Å²) >= 11 is 0. The van der Waals surface area contributed by atoms with Crippen LogP contribution in [0.4, 0.5) is 0 Å². The van der Waals surface area contributed by atoms with E-state index in [1.165, 1.54) is 31.1 Å². The summed E-state index contributed by atoms with van der Waals surface area (Å²) in [5.74, 6) is 0.572. The summed E-state index contributed by atoms with van der Waals surface area (Å²) < 4.78 is 0. The monoisotopic (exact) mass is 282 g/mol. The normalized spacial score (nSPS) is 16.5. The molecule has 0 saturated heterocycles. The summed E-state index contributed by atoms with van der Waals surface area (Å²) in [6.07, 6.45) is 5.83. The van der Waals surface area contributed by atoms with E-state index >= 15 is 0 Å². The summed E-state index contributed by atoms with van der Waals surface area (Å²) in [7, 11) is 0. The van der Waals surface area contributed by atoms with Crippen LogP contribution >= 0.6 is 0 Å². The minimum Gasteiger partial charge on any atom is -0.370 e. The van der Waals surface area contributed by atoms with Gasteiger partial charge in [-0.3, -0.25) is 9.98 Å². The fourth-order valence-electron chi connectivity index (χ4n) is 2.86. The van der Waals surface area contributed by atoms with Gasteiger partial charge in [-0.25, -0.2) is 0 Å². The van der Waals surface area contributed by atoms with Crippen LogP contribution in [-0.4, -0.2) is 23.5 Å². The van der Waals surface area contributed by atoms with Crippen LogP contribution < -0.4 is 11.1 Å². The highest BCUT2D eigenvalue weighted by molar-refractivity contribution is 5.79. The third-order valence-corrected chi connectivity index (χ3v) is 4.01. The SMILES string of the molecule is NC(=NCCc1ccc2ccccc2n1)NC1CCCC1. The molecule has 2 aromatic rings.